The molecule has 150 valence electrons. The van der Waals surface area contributed by atoms with Gasteiger partial charge in [0.1, 0.15) is 0 Å². The van der Waals surface area contributed by atoms with Gasteiger partial charge in [0.05, 0.1) is 4.88 Å². The number of amides is 1. The van der Waals surface area contributed by atoms with Gasteiger partial charge in [-0.3, -0.25) is 9.69 Å². The van der Waals surface area contributed by atoms with Crippen LogP contribution in [0, 0.1) is 0 Å². The summed E-state index contributed by atoms with van der Waals surface area (Å²) in [6.45, 7) is 8.28. The summed E-state index contributed by atoms with van der Waals surface area (Å²) in [5.41, 5.74) is 0.952. The third-order valence-electron chi connectivity index (χ3n) is 5.55. The average Bonchev–Trinajstić information content (AvgIpc) is 3.37. The number of likely N-dealkylation sites (tertiary alicyclic amines) is 1. The minimum Gasteiger partial charge on any atom is -0.335 e. The van der Waals surface area contributed by atoms with Crippen LogP contribution in [0.25, 0.3) is 10.4 Å². The second kappa shape index (κ2) is 9.14. The summed E-state index contributed by atoms with van der Waals surface area (Å²) in [7, 11) is 0. The number of hydrogen-bond donors (Lipinski definition) is 0. The van der Waals surface area contributed by atoms with Gasteiger partial charge >= 0.3 is 0 Å². The Morgan fingerprint density at radius 3 is 2.11 bits per heavy atom. The van der Waals surface area contributed by atoms with Crippen LogP contribution in [-0.4, -0.2) is 73.0 Å². The summed E-state index contributed by atoms with van der Waals surface area (Å²) in [4.78, 5) is 21.7. The summed E-state index contributed by atoms with van der Waals surface area (Å²) in [6, 6.07) is 9.37. The second-order valence-corrected chi connectivity index (χ2v) is 9.46. The lowest BCUT2D eigenvalue weighted by Gasteiger charge is -2.35. The van der Waals surface area contributed by atoms with Crippen molar-refractivity contribution < 1.29 is 4.79 Å². The molecule has 1 aromatic heterocycles. The lowest BCUT2D eigenvalue weighted by atomic mass is 10.2. The maximum atomic E-state index is 12.9. The van der Waals surface area contributed by atoms with E-state index in [1.165, 1.54) is 37.3 Å². The van der Waals surface area contributed by atoms with Crippen molar-refractivity contribution in [3.8, 4) is 10.4 Å². The predicted molar refractivity (Wildman–Crippen MR) is 118 cm³/mol. The lowest BCUT2D eigenvalue weighted by molar-refractivity contribution is 0.0631. The first kappa shape index (κ1) is 20.2. The van der Waals surface area contributed by atoms with Gasteiger partial charge in [-0.25, -0.2) is 0 Å². The number of carbonyl (C=O) groups excluding carboxylic acids is 1. The Balaban J connectivity index is 1.32. The van der Waals surface area contributed by atoms with Crippen LogP contribution in [0.2, 0.25) is 10.0 Å². The maximum Gasteiger partial charge on any atom is 0.264 e. The molecule has 7 heteroatoms. The van der Waals surface area contributed by atoms with Crippen LogP contribution in [0.4, 0.5) is 0 Å². The van der Waals surface area contributed by atoms with Crippen molar-refractivity contribution in [2.75, 3.05) is 52.4 Å². The molecule has 2 aliphatic rings. The van der Waals surface area contributed by atoms with Crippen molar-refractivity contribution in [1.29, 1.82) is 0 Å². The molecule has 2 fully saturated rings. The SMILES string of the molecule is O=C(c1ccc(-c2cc(Cl)cc(Cl)c2)s1)N1CCN(CCN2CCCC2)CC1. The number of hydrogen-bond acceptors (Lipinski definition) is 4. The van der Waals surface area contributed by atoms with Crippen LogP contribution < -0.4 is 0 Å². The molecule has 2 aliphatic heterocycles. The second-order valence-electron chi connectivity index (χ2n) is 7.50. The third kappa shape index (κ3) is 4.89. The van der Waals surface area contributed by atoms with Gasteiger partial charge in [0.25, 0.3) is 5.91 Å². The molecule has 0 aliphatic carbocycles. The normalized spacial score (nSPS) is 18.7. The molecule has 1 amide bonds. The standard InChI is InChI=1S/C21H25Cl2N3OS/c22-17-13-16(14-18(23)15-17)19-3-4-20(28-19)21(27)26-11-9-25(10-12-26)8-7-24-5-1-2-6-24/h3-4,13-15H,1-2,5-12H2. The summed E-state index contributed by atoms with van der Waals surface area (Å²) in [5, 5.41) is 1.21. The number of piperazine rings is 1. The summed E-state index contributed by atoms with van der Waals surface area (Å²) < 4.78 is 0. The molecule has 28 heavy (non-hydrogen) atoms. The van der Waals surface area contributed by atoms with E-state index in [0.717, 1.165) is 54.6 Å². The van der Waals surface area contributed by atoms with Gasteiger partial charge in [-0.2, -0.15) is 0 Å². The van der Waals surface area contributed by atoms with E-state index in [1.54, 1.807) is 6.07 Å². The summed E-state index contributed by atoms with van der Waals surface area (Å²) in [5.74, 6) is 0.128. The van der Waals surface area contributed by atoms with E-state index < -0.39 is 0 Å². The Bertz CT molecular complexity index is 807. The van der Waals surface area contributed by atoms with Gasteiger partial charge in [-0.05, 0) is 61.8 Å². The zero-order valence-corrected chi connectivity index (χ0v) is 18.2. The first-order chi connectivity index (χ1) is 13.6. The van der Waals surface area contributed by atoms with Crippen molar-refractivity contribution in [2.45, 2.75) is 12.8 Å². The molecule has 0 N–H and O–H groups in total. The number of nitrogens with zero attached hydrogens (tertiary/aromatic N) is 3. The molecular formula is C21H25Cl2N3OS. The topological polar surface area (TPSA) is 26.8 Å². The van der Waals surface area contributed by atoms with Crippen LogP contribution in [0.15, 0.2) is 30.3 Å². The number of benzene rings is 1. The van der Waals surface area contributed by atoms with Crippen LogP contribution in [0.5, 0.6) is 0 Å². The Morgan fingerprint density at radius 2 is 1.46 bits per heavy atom. The van der Waals surface area contributed by atoms with E-state index in [-0.39, 0.29) is 5.91 Å². The van der Waals surface area contributed by atoms with Crippen LogP contribution in [0.3, 0.4) is 0 Å². The number of halogens is 2. The minimum absolute atomic E-state index is 0.128. The zero-order chi connectivity index (χ0) is 19.5. The molecule has 2 aromatic rings. The van der Waals surface area contributed by atoms with Gasteiger partial charge in [-0.15, -0.1) is 11.3 Å². The molecule has 4 nitrogen and oxygen atoms in total. The van der Waals surface area contributed by atoms with Crippen molar-refractivity contribution in [2.24, 2.45) is 0 Å². The van der Waals surface area contributed by atoms with Crippen molar-refractivity contribution in [3.63, 3.8) is 0 Å². The van der Waals surface area contributed by atoms with Crippen LogP contribution >= 0.6 is 34.5 Å². The maximum absolute atomic E-state index is 12.9. The molecule has 0 spiro atoms. The van der Waals surface area contributed by atoms with Crippen molar-refractivity contribution in [3.05, 3.63) is 45.3 Å². The molecule has 1 aromatic carbocycles. The van der Waals surface area contributed by atoms with E-state index in [1.807, 2.05) is 29.2 Å². The molecule has 2 saturated heterocycles. The van der Waals surface area contributed by atoms with E-state index >= 15 is 0 Å². The van der Waals surface area contributed by atoms with Gasteiger partial charge in [0.15, 0.2) is 0 Å². The van der Waals surface area contributed by atoms with Crippen LogP contribution in [-0.2, 0) is 0 Å². The van der Waals surface area contributed by atoms with Crippen molar-refractivity contribution in [1.82, 2.24) is 14.7 Å². The average molecular weight is 438 g/mol. The van der Waals surface area contributed by atoms with E-state index in [2.05, 4.69) is 9.80 Å². The van der Waals surface area contributed by atoms with Crippen molar-refractivity contribution >= 4 is 40.4 Å². The zero-order valence-electron chi connectivity index (χ0n) is 15.9. The largest absolute Gasteiger partial charge is 0.335 e. The highest BCUT2D eigenvalue weighted by Crippen LogP contribution is 2.32. The van der Waals surface area contributed by atoms with E-state index in [4.69, 9.17) is 23.2 Å². The first-order valence-electron chi connectivity index (χ1n) is 9.89. The lowest BCUT2D eigenvalue weighted by Crippen LogP contribution is -2.50. The Hall–Kier alpha value is -1.11. The Kier molecular flexibility index (Phi) is 6.59. The fourth-order valence-electron chi connectivity index (χ4n) is 3.92. The molecule has 4 rings (SSSR count). The van der Waals surface area contributed by atoms with E-state index in [9.17, 15) is 4.79 Å². The monoisotopic (exact) mass is 437 g/mol. The van der Waals surface area contributed by atoms with Crippen LogP contribution in [0.1, 0.15) is 22.5 Å². The number of carbonyl (C=O) groups is 1. The van der Waals surface area contributed by atoms with Gasteiger partial charge < -0.3 is 9.80 Å². The molecule has 3 heterocycles. The predicted octanol–water partition coefficient (Wildman–Crippen LogP) is 4.58. The molecular weight excluding hydrogens is 413 g/mol. The number of rotatable bonds is 5. The van der Waals surface area contributed by atoms with E-state index in [0.29, 0.717) is 10.0 Å². The quantitative estimate of drug-likeness (QED) is 0.684. The summed E-state index contributed by atoms with van der Waals surface area (Å²) >= 11 is 13.7. The highest BCUT2D eigenvalue weighted by Gasteiger charge is 2.24. The first-order valence-corrected chi connectivity index (χ1v) is 11.5. The molecule has 0 bridgehead atoms. The Labute approximate surface area is 180 Å². The third-order valence-corrected chi connectivity index (χ3v) is 7.11. The highest BCUT2D eigenvalue weighted by molar-refractivity contribution is 7.17. The molecule has 0 atom stereocenters. The molecule has 0 saturated carbocycles. The summed E-state index contributed by atoms with van der Waals surface area (Å²) in [6.07, 6.45) is 2.68. The van der Waals surface area contributed by atoms with Gasteiger partial charge in [0, 0.05) is 54.2 Å². The fourth-order valence-corrected chi connectivity index (χ4v) is 5.41. The molecule has 0 radical (unpaired) electrons. The van der Waals surface area contributed by atoms with Gasteiger partial charge in [0.2, 0.25) is 0 Å². The fraction of sp³-hybridized carbons (Fsp3) is 0.476. The Morgan fingerprint density at radius 1 is 0.857 bits per heavy atom. The molecule has 0 unspecified atom stereocenters. The highest BCUT2D eigenvalue weighted by atomic mass is 35.5. The number of thiophene rings is 1. The smallest absolute Gasteiger partial charge is 0.264 e. The minimum atomic E-state index is 0.128. The van der Waals surface area contributed by atoms with Gasteiger partial charge in [-0.1, -0.05) is 23.2 Å².